The van der Waals surface area contributed by atoms with Crippen LogP contribution < -0.4 is 5.73 Å². The molecule has 2 aromatic rings. The summed E-state index contributed by atoms with van der Waals surface area (Å²) in [5, 5.41) is 0. The minimum absolute atomic E-state index is 0.247. The molecular weight excluding hydrogens is 262 g/mol. The summed E-state index contributed by atoms with van der Waals surface area (Å²) in [5.41, 5.74) is 10.1. The largest absolute Gasteiger partial charge is 0.327 e. The highest BCUT2D eigenvalue weighted by Crippen LogP contribution is 2.32. The maximum atomic E-state index is 6.10. The predicted octanol–water partition coefficient (Wildman–Crippen LogP) is 4.73. The summed E-state index contributed by atoms with van der Waals surface area (Å²) in [6.45, 7) is 6.46. The van der Waals surface area contributed by atoms with Crippen molar-refractivity contribution in [3.63, 3.8) is 0 Å². The highest BCUT2D eigenvalue weighted by Gasteiger charge is 2.08. The van der Waals surface area contributed by atoms with E-state index in [1.165, 1.54) is 26.5 Å². The molecular formula is C18H23NS. The van der Waals surface area contributed by atoms with E-state index >= 15 is 0 Å². The third-order valence-corrected chi connectivity index (χ3v) is 4.79. The van der Waals surface area contributed by atoms with Crippen LogP contribution in [-0.2, 0) is 6.42 Å². The van der Waals surface area contributed by atoms with Crippen LogP contribution >= 0.6 is 11.8 Å². The van der Waals surface area contributed by atoms with Crippen LogP contribution in [0.25, 0.3) is 0 Å². The summed E-state index contributed by atoms with van der Waals surface area (Å²) in [7, 11) is 0. The third kappa shape index (κ3) is 3.87. The zero-order valence-corrected chi connectivity index (χ0v) is 13.3. The Bertz CT molecular complexity index is 577. The maximum Gasteiger partial charge on any atom is 0.0154 e. The SMILES string of the molecule is CCC(N)Cc1ccccc1Sc1ccc(C)c(C)c1. The summed E-state index contributed by atoms with van der Waals surface area (Å²) < 4.78 is 0. The smallest absolute Gasteiger partial charge is 0.0154 e. The van der Waals surface area contributed by atoms with Crippen LogP contribution in [0.1, 0.15) is 30.0 Å². The standard InChI is InChI=1S/C18H23NS/c1-4-16(19)12-15-7-5-6-8-18(15)20-17-10-9-13(2)14(3)11-17/h5-11,16H,4,12,19H2,1-3H3. The topological polar surface area (TPSA) is 26.0 Å². The summed E-state index contributed by atoms with van der Waals surface area (Å²) >= 11 is 1.83. The Kier molecular flexibility index (Phi) is 5.27. The van der Waals surface area contributed by atoms with E-state index in [1.807, 2.05) is 11.8 Å². The van der Waals surface area contributed by atoms with E-state index in [9.17, 15) is 0 Å². The minimum atomic E-state index is 0.247. The Morgan fingerprint density at radius 3 is 2.50 bits per heavy atom. The molecule has 0 saturated carbocycles. The first kappa shape index (κ1) is 15.1. The van der Waals surface area contributed by atoms with Crippen molar-refractivity contribution in [3.8, 4) is 0 Å². The van der Waals surface area contributed by atoms with Gasteiger partial charge in [0.2, 0.25) is 0 Å². The molecule has 1 atom stereocenters. The second kappa shape index (κ2) is 6.96. The zero-order valence-electron chi connectivity index (χ0n) is 12.5. The third-order valence-electron chi connectivity index (χ3n) is 3.69. The molecule has 0 aliphatic heterocycles. The molecule has 20 heavy (non-hydrogen) atoms. The first-order chi connectivity index (χ1) is 9.60. The number of hydrogen-bond donors (Lipinski definition) is 1. The highest BCUT2D eigenvalue weighted by molar-refractivity contribution is 7.99. The quantitative estimate of drug-likeness (QED) is 0.859. The summed E-state index contributed by atoms with van der Waals surface area (Å²) in [6.07, 6.45) is 1.97. The van der Waals surface area contributed by atoms with Crippen molar-refractivity contribution in [2.45, 2.75) is 49.4 Å². The van der Waals surface area contributed by atoms with E-state index < -0.39 is 0 Å². The van der Waals surface area contributed by atoms with Crippen molar-refractivity contribution >= 4 is 11.8 Å². The molecule has 0 heterocycles. The van der Waals surface area contributed by atoms with Gasteiger partial charge in [0.25, 0.3) is 0 Å². The lowest BCUT2D eigenvalue weighted by Crippen LogP contribution is -2.21. The van der Waals surface area contributed by atoms with Gasteiger partial charge in [0.05, 0.1) is 0 Å². The molecule has 0 spiro atoms. The van der Waals surface area contributed by atoms with E-state index in [4.69, 9.17) is 5.73 Å². The molecule has 0 aromatic heterocycles. The van der Waals surface area contributed by atoms with Gasteiger partial charge in [-0.05, 0) is 61.6 Å². The molecule has 0 amide bonds. The van der Waals surface area contributed by atoms with E-state index in [0.717, 1.165) is 12.8 Å². The van der Waals surface area contributed by atoms with Crippen LogP contribution in [-0.4, -0.2) is 6.04 Å². The number of nitrogens with two attached hydrogens (primary N) is 1. The molecule has 1 unspecified atom stereocenters. The van der Waals surface area contributed by atoms with Crippen LogP contribution in [0.5, 0.6) is 0 Å². The van der Waals surface area contributed by atoms with Crippen molar-refractivity contribution in [1.29, 1.82) is 0 Å². The predicted molar refractivity (Wildman–Crippen MR) is 88.5 cm³/mol. The first-order valence-corrected chi connectivity index (χ1v) is 8.00. The molecule has 0 saturated heterocycles. The Morgan fingerprint density at radius 2 is 1.80 bits per heavy atom. The first-order valence-electron chi connectivity index (χ1n) is 7.18. The Hall–Kier alpha value is -1.25. The monoisotopic (exact) mass is 285 g/mol. The average molecular weight is 285 g/mol. The number of benzene rings is 2. The second-order valence-electron chi connectivity index (χ2n) is 5.33. The van der Waals surface area contributed by atoms with Gasteiger partial charge in [-0.15, -0.1) is 0 Å². The van der Waals surface area contributed by atoms with Crippen molar-refractivity contribution < 1.29 is 0 Å². The lowest BCUT2D eigenvalue weighted by molar-refractivity contribution is 0.641. The fourth-order valence-corrected chi connectivity index (χ4v) is 3.16. The van der Waals surface area contributed by atoms with Crippen molar-refractivity contribution in [1.82, 2.24) is 0 Å². The molecule has 1 nitrogen and oxygen atoms in total. The Balaban J connectivity index is 2.22. The van der Waals surface area contributed by atoms with Gasteiger partial charge >= 0.3 is 0 Å². The molecule has 2 aromatic carbocycles. The van der Waals surface area contributed by atoms with Gasteiger partial charge in [-0.2, -0.15) is 0 Å². The maximum absolute atomic E-state index is 6.10. The van der Waals surface area contributed by atoms with E-state index in [2.05, 4.69) is 63.2 Å². The van der Waals surface area contributed by atoms with E-state index in [-0.39, 0.29) is 6.04 Å². The van der Waals surface area contributed by atoms with Crippen molar-refractivity contribution in [2.24, 2.45) is 5.73 Å². The molecule has 0 aliphatic carbocycles. The lowest BCUT2D eigenvalue weighted by atomic mass is 10.1. The van der Waals surface area contributed by atoms with Crippen molar-refractivity contribution in [2.75, 3.05) is 0 Å². The molecule has 0 aliphatic rings. The molecule has 2 N–H and O–H groups in total. The van der Waals surface area contributed by atoms with Gasteiger partial charge in [0, 0.05) is 15.8 Å². The fourth-order valence-electron chi connectivity index (χ4n) is 2.10. The van der Waals surface area contributed by atoms with Gasteiger partial charge < -0.3 is 5.73 Å². The highest BCUT2D eigenvalue weighted by atomic mass is 32.2. The number of hydrogen-bond acceptors (Lipinski definition) is 2. The number of aryl methyl sites for hydroxylation is 2. The molecule has 106 valence electrons. The zero-order chi connectivity index (χ0) is 14.5. The van der Waals surface area contributed by atoms with Gasteiger partial charge in [-0.3, -0.25) is 0 Å². The fraction of sp³-hybridized carbons (Fsp3) is 0.333. The second-order valence-corrected chi connectivity index (χ2v) is 6.44. The van der Waals surface area contributed by atoms with Gasteiger partial charge in [-0.1, -0.05) is 43.0 Å². The van der Waals surface area contributed by atoms with E-state index in [0.29, 0.717) is 0 Å². The molecule has 2 heteroatoms. The minimum Gasteiger partial charge on any atom is -0.327 e. The normalized spacial score (nSPS) is 12.4. The molecule has 0 bridgehead atoms. The van der Waals surface area contributed by atoms with Gasteiger partial charge in [0.15, 0.2) is 0 Å². The van der Waals surface area contributed by atoms with Gasteiger partial charge in [0.1, 0.15) is 0 Å². The Labute approximate surface area is 126 Å². The summed E-state index contributed by atoms with van der Waals surface area (Å²) in [6, 6.07) is 15.5. The van der Waals surface area contributed by atoms with Gasteiger partial charge in [-0.25, -0.2) is 0 Å². The number of rotatable bonds is 5. The van der Waals surface area contributed by atoms with Crippen LogP contribution in [0, 0.1) is 13.8 Å². The summed E-state index contributed by atoms with van der Waals surface area (Å²) in [5.74, 6) is 0. The van der Waals surface area contributed by atoms with Crippen molar-refractivity contribution in [3.05, 3.63) is 59.2 Å². The molecule has 0 fully saturated rings. The molecule has 0 radical (unpaired) electrons. The van der Waals surface area contributed by atoms with E-state index in [1.54, 1.807) is 0 Å². The lowest BCUT2D eigenvalue weighted by Gasteiger charge is -2.13. The van der Waals surface area contributed by atoms with Crippen LogP contribution in [0.2, 0.25) is 0 Å². The van der Waals surface area contributed by atoms with Crippen LogP contribution in [0.15, 0.2) is 52.3 Å². The van der Waals surface area contributed by atoms with Crippen LogP contribution in [0.3, 0.4) is 0 Å². The summed E-state index contributed by atoms with van der Waals surface area (Å²) in [4.78, 5) is 2.62. The van der Waals surface area contributed by atoms with Crippen LogP contribution in [0.4, 0.5) is 0 Å². The Morgan fingerprint density at radius 1 is 1.05 bits per heavy atom. The average Bonchev–Trinajstić information content (AvgIpc) is 2.45. The molecule has 2 rings (SSSR count).